The lowest BCUT2D eigenvalue weighted by Gasteiger charge is -2.16. The molecule has 0 saturated heterocycles. The van der Waals surface area contributed by atoms with E-state index in [1.54, 1.807) is 0 Å². The lowest BCUT2D eigenvalue weighted by atomic mass is 9.93. The minimum absolute atomic E-state index is 0.124. The Bertz CT molecular complexity index is 792. The molecule has 0 aliphatic heterocycles. The summed E-state index contributed by atoms with van der Waals surface area (Å²) in [4.78, 5) is 17.1. The first-order valence-electron chi connectivity index (χ1n) is 8.12. The number of allylic oxidation sites excluding steroid dienone is 2. The Morgan fingerprint density at radius 1 is 1.22 bits per heavy atom. The molecule has 1 aromatic carbocycles. The average molecular weight is 324 g/mol. The summed E-state index contributed by atoms with van der Waals surface area (Å²) >= 11 is 1.50. The van der Waals surface area contributed by atoms with E-state index in [1.807, 2.05) is 5.38 Å². The molecule has 118 valence electrons. The summed E-state index contributed by atoms with van der Waals surface area (Å²) in [5.41, 5.74) is 4.57. The Kier molecular flexibility index (Phi) is 3.57. The maximum atomic E-state index is 12.5. The normalized spacial score (nSPS) is 25.0. The van der Waals surface area contributed by atoms with E-state index in [4.69, 9.17) is 0 Å². The SMILES string of the molecule is Cc1ccc(-c2csc(NC(=O)C3CC4C=CC3C4)n2)cc1C. The van der Waals surface area contributed by atoms with Gasteiger partial charge in [-0.3, -0.25) is 4.79 Å². The second kappa shape index (κ2) is 5.60. The molecule has 23 heavy (non-hydrogen) atoms. The van der Waals surface area contributed by atoms with Gasteiger partial charge in [0.25, 0.3) is 0 Å². The van der Waals surface area contributed by atoms with E-state index < -0.39 is 0 Å². The smallest absolute Gasteiger partial charge is 0.229 e. The number of thiazole rings is 1. The summed E-state index contributed by atoms with van der Waals surface area (Å²) in [6.07, 6.45) is 6.60. The number of rotatable bonds is 3. The van der Waals surface area contributed by atoms with Crippen LogP contribution in [0, 0.1) is 31.6 Å². The molecule has 0 spiro atoms. The van der Waals surface area contributed by atoms with Crippen LogP contribution in [0.1, 0.15) is 24.0 Å². The number of hydrogen-bond acceptors (Lipinski definition) is 3. The van der Waals surface area contributed by atoms with Crippen molar-refractivity contribution < 1.29 is 4.79 Å². The summed E-state index contributed by atoms with van der Waals surface area (Å²) in [6.45, 7) is 4.21. The molecule has 0 radical (unpaired) electrons. The Hall–Kier alpha value is -1.94. The zero-order valence-corrected chi connectivity index (χ0v) is 14.2. The van der Waals surface area contributed by atoms with Crippen molar-refractivity contribution in [3.8, 4) is 11.3 Å². The van der Waals surface area contributed by atoms with Gasteiger partial charge in [0.05, 0.1) is 5.69 Å². The summed E-state index contributed by atoms with van der Waals surface area (Å²) in [5, 5.41) is 5.74. The van der Waals surface area contributed by atoms with Gasteiger partial charge in [-0.25, -0.2) is 4.98 Å². The molecule has 2 bridgehead atoms. The third-order valence-electron chi connectivity index (χ3n) is 5.15. The maximum Gasteiger partial charge on any atom is 0.229 e. The van der Waals surface area contributed by atoms with Gasteiger partial charge in [0, 0.05) is 16.9 Å². The lowest BCUT2D eigenvalue weighted by Crippen LogP contribution is -2.25. The third kappa shape index (κ3) is 2.72. The van der Waals surface area contributed by atoms with E-state index in [2.05, 4.69) is 54.5 Å². The van der Waals surface area contributed by atoms with Crippen LogP contribution < -0.4 is 5.32 Å². The van der Waals surface area contributed by atoms with Gasteiger partial charge in [-0.05, 0) is 55.7 Å². The fourth-order valence-corrected chi connectivity index (χ4v) is 4.37. The minimum Gasteiger partial charge on any atom is -0.302 e. The third-order valence-corrected chi connectivity index (χ3v) is 5.91. The standard InChI is InChI=1S/C19H20N2OS/c1-11-3-5-15(7-12(11)2)17-10-23-19(20-17)21-18(22)16-9-13-4-6-14(16)8-13/h3-7,10,13-14,16H,8-9H2,1-2H3,(H,20,21,22). The quantitative estimate of drug-likeness (QED) is 0.840. The largest absolute Gasteiger partial charge is 0.302 e. The van der Waals surface area contributed by atoms with Gasteiger partial charge in [0.1, 0.15) is 0 Å². The Balaban J connectivity index is 1.48. The predicted octanol–water partition coefficient (Wildman–Crippen LogP) is 4.58. The number of nitrogens with one attached hydrogen (secondary N) is 1. The molecule has 1 saturated carbocycles. The highest BCUT2D eigenvalue weighted by Gasteiger charge is 2.39. The van der Waals surface area contributed by atoms with Gasteiger partial charge in [-0.15, -0.1) is 11.3 Å². The molecule has 1 aromatic heterocycles. The van der Waals surface area contributed by atoms with Gasteiger partial charge < -0.3 is 5.32 Å². The monoisotopic (exact) mass is 324 g/mol. The molecule has 1 N–H and O–H groups in total. The van der Waals surface area contributed by atoms with Gasteiger partial charge in [0.2, 0.25) is 5.91 Å². The van der Waals surface area contributed by atoms with E-state index >= 15 is 0 Å². The van der Waals surface area contributed by atoms with Crippen LogP contribution in [0.25, 0.3) is 11.3 Å². The number of fused-ring (bicyclic) bond motifs is 2. The number of aromatic nitrogens is 1. The van der Waals surface area contributed by atoms with Crippen molar-refractivity contribution in [1.82, 2.24) is 4.98 Å². The zero-order chi connectivity index (χ0) is 16.0. The fraction of sp³-hybridized carbons (Fsp3) is 0.368. The van der Waals surface area contributed by atoms with E-state index in [-0.39, 0.29) is 11.8 Å². The van der Waals surface area contributed by atoms with Gasteiger partial charge in [-0.2, -0.15) is 0 Å². The van der Waals surface area contributed by atoms with Gasteiger partial charge in [-0.1, -0.05) is 24.3 Å². The van der Waals surface area contributed by atoms with Crippen LogP contribution in [0.2, 0.25) is 0 Å². The van der Waals surface area contributed by atoms with Crippen LogP contribution in [0.5, 0.6) is 0 Å². The van der Waals surface area contributed by atoms with Gasteiger partial charge in [0.15, 0.2) is 5.13 Å². The topological polar surface area (TPSA) is 42.0 Å². The van der Waals surface area contributed by atoms with Crippen LogP contribution in [-0.2, 0) is 4.79 Å². The second-order valence-corrected chi connectivity index (χ2v) is 7.57. The molecule has 2 aliphatic rings. The molecule has 2 aliphatic carbocycles. The zero-order valence-electron chi connectivity index (χ0n) is 13.4. The highest BCUT2D eigenvalue weighted by molar-refractivity contribution is 7.14. The van der Waals surface area contributed by atoms with Crippen molar-refractivity contribution >= 4 is 22.4 Å². The summed E-state index contributed by atoms with van der Waals surface area (Å²) in [5.74, 6) is 1.29. The average Bonchev–Trinajstić information content (AvgIpc) is 3.26. The highest BCUT2D eigenvalue weighted by atomic mass is 32.1. The maximum absolute atomic E-state index is 12.5. The molecular formula is C19H20N2OS. The Morgan fingerprint density at radius 3 is 2.78 bits per heavy atom. The van der Waals surface area contributed by atoms with Crippen LogP contribution in [-0.4, -0.2) is 10.9 Å². The van der Waals surface area contributed by atoms with E-state index in [9.17, 15) is 4.79 Å². The van der Waals surface area contributed by atoms with Crippen molar-refractivity contribution in [1.29, 1.82) is 0 Å². The summed E-state index contributed by atoms with van der Waals surface area (Å²) in [6, 6.07) is 6.35. The molecule has 3 atom stereocenters. The molecule has 3 nitrogen and oxygen atoms in total. The van der Waals surface area contributed by atoms with Crippen LogP contribution in [0.4, 0.5) is 5.13 Å². The summed E-state index contributed by atoms with van der Waals surface area (Å²) < 4.78 is 0. The first kappa shape index (κ1) is 14.6. The summed E-state index contributed by atoms with van der Waals surface area (Å²) in [7, 11) is 0. The van der Waals surface area contributed by atoms with Crippen molar-refractivity contribution in [2.24, 2.45) is 17.8 Å². The van der Waals surface area contributed by atoms with Crippen LogP contribution >= 0.6 is 11.3 Å². The number of nitrogens with zero attached hydrogens (tertiary/aromatic N) is 1. The fourth-order valence-electron chi connectivity index (χ4n) is 3.64. The molecule has 4 heteroatoms. The number of benzene rings is 1. The van der Waals surface area contributed by atoms with Crippen molar-refractivity contribution in [2.45, 2.75) is 26.7 Å². The second-order valence-electron chi connectivity index (χ2n) is 6.71. The van der Waals surface area contributed by atoms with E-state index in [0.29, 0.717) is 17.0 Å². The first-order valence-corrected chi connectivity index (χ1v) is 9.00. The number of carbonyl (C=O) groups is 1. The number of carbonyl (C=O) groups excluding carboxylic acids is 1. The molecule has 2 aromatic rings. The molecule has 1 fully saturated rings. The predicted molar refractivity (Wildman–Crippen MR) is 94.5 cm³/mol. The van der Waals surface area contributed by atoms with Crippen LogP contribution in [0.3, 0.4) is 0 Å². The first-order chi connectivity index (χ1) is 11.1. The highest BCUT2D eigenvalue weighted by Crippen LogP contribution is 2.43. The Morgan fingerprint density at radius 2 is 2.09 bits per heavy atom. The van der Waals surface area contributed by atoms with Gasteiger partial charge >= 0.3 is 0 Å². The van der Waals surface area contributed by atoms with Crippen molar-refractivity contribution in [2.75, 3.05) is 5.32 Å². The Labute approximate surface area is 140 Å². The number of aryl methyl sites for hydroxylation is 2. The van der Waals surface area contributed by atoms with E-state index in [0.717, 1.165) is 24.1 Å². The molecule has 3 unspecified atom stereocenters. The molecule has 1 amide bonds. The van der Waals surface area contributed by atoms with Crippen molar-refractivity contribution in [3.05, 3.63) is 46.9 Å². The molecule has 4 rings (SSSR count). The van der Waals surface area contributed by atoms with Crippen molar-refractivity contribution in [3.63, 3.8) is 0 Å². The number of amides is 1. The molecular weight excluding hydrogens is 304 g/mol. The number of anilines is 1. The van der Waals surface area contributed by atoms with Crippen LogP contribution in [0.15, 0.2) is 35.7 Å². The number of hydrogen-bond donors (Lipinski definition) is 1. The lowest BCUT2D eigenvalue weighted by molar-refractivity contribution is -0.120. The molecule has 1 heterocycles. The van der Waals surface area contributed by atoms with E-state index in [1.165, 1.54) is 22.5 Å². The minimum atomic E-state index is 0.124.